The molecular weight excluding hydrogens is 180 g/mol. The second-order valence-electron chi connectivity index (χ2n) is 3.61. The van der Waals surface area contributed by atoms with Gasteiger partial charge in [0.05, 0.1) is 12.1 Å². The van der Waals surface area contributed by atoms with E-state index in [0.29, 0.717) is 11.3 Å². The van der Waals surface area contributed by atoms with Crippen molar-refractivity contribution in [1.29, 1.82) is 5.26 Å². The van der Waals surface area contributed by atoms with Gasteiger partial charge >= 0.3 is 0 Å². The summed E-state index contributed by atoms with van der Waals surface area (Å²) in [6, 6.07) is 3.06. The molecule has 1 fully saturated rings. The van der Waals surface area contributed by atoms with Crippen LogP contribution in [0.15, 0.2) is 0 Å². The van der Waals surface area contributed by atoms with Gasteiger partial charge in [0.1, 0.15) is 0 Å². The lowest BCUT2D eigenvalue weighted by molar-refractivity contribution is 0.175. The third-order valence-corrected chi connectivity index (χ3v) is 4.21. The molecule has 0 spiro atoms. The lowest BCUT2D eigenvalue weighted by Crippen LogP contribution is -2.49. The molecule has 0 aliphatic carbocycles. The Morgan fingerprint density at radius 1 is 1.62 bits per heavy atom. The van der Waals surface area contributed by atoms with Crippen molar-refractivity contribution < 1.29 is 0 Å². The van der Waals surface area contributed by atoms with Gasteiger partial charge in [0.25, 0.3) is 0 Å². The number of rotatable bonds is 2. The zero-order valence-electron chi connectivity index (χ0n) is 8.66. The largest absolute Gasteiger partial charge is 0.283 e. The number of hydrogen-bond acceptors (Lipinski definition) is 3. The minimum atomic E-state index is 0.123. The molecule has 0 bridgehead atoms. The van der Waals surface area contributed by atoms with Crippen LogP contribution in [0.5, 0.6) is 0 Å². The van der Waals surface area contributed by atoms with E-state index >= 15 is 0 Å². The van der Waals surface area contributed by atoms with Gasteiger partial charge in [-0.2, -0.15) is 17.0 Å². The molecule has 0 amide bonds. The fourth-order valence-corrected chi connectivity index (χ4v) is 2.92. The first-order chi connectivity index (χ1) is 6.20. The van der Waals surface area contributed by atoms with E-state index in [0.717, 1.165) is 13.0 Å². The first-order valence-corrected chi connectivity index (χ1v) is 6.02. The third kappa shape index (κ3) is 2.38. The molecule has 3 unspecified atom stereocenters. The van der Waals surface area contributed by atoms with Gasteiger partial charge in [0.15, 0.2) is 0 Å². The maximum absolute atomic E-state index is 8.98. The fourth-order valence-electron chi connectivity index (χ4n) is 1.80. The van der Waals surface area contributed by atoms with Gasteiger partial charge in [-0.25, -0.2) is 0 Å². The summed E-state index contributed by atoms with van der Waals surface area (Å²) in [4.78, 5) is 2.35. The maximum Gasteiger partial charge on any atom is 0.0978 e. The Labute approximate surface area is 85.3 Å². The van der Waals surface area contributed by atoms with Crippen molar-refractivity contribution in [2.24, 2.45) is 0 Å². The molecule has 0 N–H and O–H groups in total. The second-order valence-corrected chi connectivity index (χ2v) is 5.09. The predicted molar refractivity (Wildman–Crippen MR) is 57.8 cm³/mol. The van der Waals surface area contributed by atoms with Gasteiger partial charge in [0.2, 0.25) is 0 Å². The van der Waals surface area contributed by atoms with Gasteiger partial charge in [-0.15, -0.1) is 0 Å². The normalized spacial score (nSPS) is 32.5. The lowest BCUT2D eigenvalue weighted by Gasteiger charge is -2.39. The van der Waals surface area contributed by atoms with Crippen molar-refractivity contribution in [2.75, 3.05) is 12.3 Å². The van der Waals surface area contributed by atoms with Gasteiger partial charge in [0, 0.05) is 23.6 Å². The Balaban J connectivity index is 2.62. The molecule has 1 rings (SSSR count). The first kappa shape index (κ1) is 10.9. The van der Waals surface area contributed by atoms with Crippen molar-refractivity contribution in [3.05, 3.63) is 0 Å². The number of thioether (sulfide) groups is 1. The van der Waals surface area contributed by atoms with Crippen LogP contribution in [-0.4, -0.2) is 34.5 Å². The molecule has 0 saturated carbocycles. The van der Waals surface area contributed by atoms with E-state index < -0.39 is 0 Å². The van der Waals surface area contributed by atoms with Crippen LogP contribution in [0.4, 0.5) is 0 Å². The summed E-state index contributed by atoms with van der Waals surface area (Å²) in [6.45, 7) is 7.65. The Morgan fingerprint density at radius 3 is 2.85 bits per heavy atom. The molecule has 0 radical (unpaired) electrons. The Morgan fingerprint density at radius 2 is 2.31 bits per heavy atom. The standard InChI is InChI=1S/C10H18N2S/c1-4-10(7-11)12-5-6-13-9(3)8(12)2/h8-10H,4-6H2,1-3H3. The van der Waals surface area contributed by atoms with E-state index in [1.165, 1.54) is 5.75 Å². The zero-order chi connectivity index (χ0) is 9.84. The highest BCUT2D eigenvalue weighted by Gasteiger charge is 2.29. The highest BCUT2D eigenvalue weighted by Crippen LogP contribution is 2.26. The molecule has 1 saturated heterocycles. The van der Waals surface area contributed by atoms with Crippen LogP contribution in [0.2, 0.25) is 0 Å². The predicted octanol–water partition coefficient (Wildman–Crippen LogP) is 2.11. The molecule has 0 aromatic rings. The Hall–Kier alpha value is -0.200. The minimum absolute atomic E-state index is 0.123. The molecule has 74 valence electrons. The third-order valence-electron chi connectivity index (χ3n) is 2.87. The monoisotopic (exact) mass is 198 g/mol. The Bertz CT molecular complexity index is 200. The molecule has 3 heteroatoms. The SMILES string of the molecule is CCC(C#N)N1CCSC(C)C1C. The second kappa shape index (κ2) is 4.88. The average molecular weight is 198 g/mol. The van der Waals surface area contributed by atoms with E-state index in [9.17, 15) is 0 Å². The molecule has 1 aliphatic heterocycles. The van der Waals surface area contributed by atoms with Crippen LogP contribution in [0, 0.1) is 11.3 Å². The van der Waals surface area contributed by atoms with Crippen LogP contribution in [0.25, 0.3) is 0 Å². The van der Waals surface area contributed by atoms with E-state index in [2.05, 4.69) is 31.7 Å². The Kier molecular flexibility index (Phi) is 4.08. The van der Waals surface area contributed by atoms with E-state index in [1.54, 1.807) is 0 Å². The van der Waals surface area contributed by atoms with Crippen molar-refractivity contribution in [1.82, 2.24) is 4.90 Å². The van der Waals surface area contributed by atoms with Gasteiger partial charge < -0.3 is 0 Å². The van der Waals surface area contributed by atoms with Gasteiger partial charge in [-0.3, -0.25) is 4.90 Å². The summed E-state index contributed by atoms with van der Waals surface area (Å²) in [6.07, 6.45) is 0.943. The zero-order valence-corrected chi connectivity index (χ0v) is 9.47. The highest BCUT2D eigenvalue weighted by atomic mass is 32.2. The van der Waals surface area contributed by atoms with Crippen molar-refractivity contribution in [3.8, 4) is 6.07 Å². The highest BCUT2D eigenvalue weighted by molar-refractivity contribution is 8.00. The van der Waals surface area contributed by atoms with Crippen LogP contribution in [0.1, 0.15) is 27.2 Å². The lowest BCUT2D eigenvalue weighted by atomic mass is 10.1. The quantitative estimate of drug-likeness (QED) is 0.680. The smallest absolute Gasteiger partial charge is 0.0978 e. The molecule has 1 heterocycles. The summed E-state index contributed by atoms with van der Waals surface area (Å²) in [5.41, 5.74) is 0. The summed E-state index contributed by atoms with van der Waals surface area (Å²) < 4.78 is 0. The van der Waals surface area contributed by atoms with E-state index in [-0.39, 0.29) is 6.04 Å². The fraction of sp³-hybridized carbons (Fsp3) is 0.900. The van der Waals surface area contributed by atoms with Gasteiger partial charge in [-0.05, 0) is 13.3 Å². The van der Waals surface area contributed by atoms with Crippen LogP contribution in [-0.2, 0) is 0 Å². The summed E-state index contributed by atoms with van der Waals surface area (Å²) in [5.74, 6) is 1.17. The average Bonchev–Trinajstić information content (AvgIpc) is 2.14. The molecular formula is C10H18N2S. The topological polar surface area (TPSA) is 27.0 Å². The molecule has 13 heavy (non-hydrogen) atoms. The summed E-state index contributed by atoms with van der Waals surface area (Å²) in [5, 5.41) is 9.65. The first-order valence-electron chi connectivity index (χ1n) is 4.97. The molecule has 0 aromatic carbocycles. The van der Waals surface area contributed by atoms with Crippen molar-refractivity contribution in [2.45, 2.75) is 44.5 Å². The number of hydrogen-bond donors (Lipinski definition) is 0. The number of nitriles is 1. The van der Waals surface area contributed by atoms with Crippen LogP contribution in [0.3, 0.4) is 0 Å². The molecule has 2 nitrogen and oxygen atoms in total. The maximum atomic E-state index is 8.98. The molecule has 0 aromatic heterocycles. The molecule has 3 atom stereocenters. The van der Waals surface area contributed by atoms with Gasteiger partial charge in [-0.1, -0.05) is 13.8 Å². The van der Waals surface area contributed by atoms with Crippen LogP contribution >= 0.6 is 11.8 Å². The van der Waals surface area contributed by atoms with Crippen molar-refractivity contribution in [3.63, 3.8) is 0 Å². The number of nitrogens with zero attached hydrogens (tertiary/aromatic N) is 2. The van der Waals surface area contributed by atoms with E-state index in [1.807, 2.05) is 11.8 Å². The minimum Gasteiger partial charge on any atom is -0.283 e. The summed E-state index contributed by atoms with van der Waals surface area (Å²) in [7, 11) is 0. The van der Waals surface area contributed by atoms with Crippen LogP contribution < -0.4 is 0 Å². The summed E-state index contributed by atoms with van der Waals surface area (Å²) >= 11 is 2.02. The van der Waals surface area contributed by atoms with E-state index in [4.69, 9.17) is 5.26 Å². The van der Waals surface area contributed by atoms with Crippen molar-refractivity contribution >= 4 is 11.8 Å². The molecule has 1 aliphatic rings.